The van der Waals surface area contributed by atoms with Gasteiger partial charge in [-0.2, -0.15) is 0 Å². The first-order valence-corrected chi connectivity index (χ1v) is 11.0. The van der Waals surface area contributed by atoms with E-state index in [1.54, 1.807) is 19.5 Å². The zero-order valence-electron chi connectivity index (χ0n) is 16.4. The molecule has 29 heavy (non-hydrogen) atoms. The van der Waals surface area contributed by atoms with Crippen LogP contribution in [-0.2, 0) is 16.4 Å². The van der Waals surface area contributed by atoms with Crippen molar-refractivity contribution < 1.29 is 13.2 Å². The Bertz CT molecular complexity index is 1170. The van der Waals surface area contributed by atoms with E-state index in [-0.39, 0.29) is 6.04 Å². The molecule has 0 radical (unpaired) electrons. The molecule has 0 saturated heterocycles. The van der Waals surface area contributed by atoms with Crippen LogP contribution >= 0.6 is 0 Å². The maximum Gasteiger partial charge on any atom is 0.234 e. The molecule has 1 aliphatic carbocycles. The highest BCUT2D eigenvalue weighted by atomic mass is 32.2. The number of benzene rings is 2. The van der Waals surface area contributed by atoms with E-state index in [0.29, 0.717) is 5.75 Å². The van der Waals surface area contributed by atoms with E-state index in [4.69, 9.17) is 4.74 Å². The zero-order chi connectivity index (χ0) is 20.4. The molecule has 3 aromatic rings. The van der Waals surface area contributed by atoms with Gasteiger partial charge in [0.05, 0.1) is 24.8 Å². The average molecular weight is 410 g/mol. The predicted molar refractivity (Wildman–Crippen MR) is 113 cm³/mol. The first kappa shape index (κ1) is 19.4. The summed E-state index contributed by atoms with van der Waals surface area (Å²) in [5.41, 5.74) is 4.75. The number of imidazole rings is 1. The highest BCUT2D eigenvalue weighted by molar-refractivity contribution is 7.92. The molecule has 0 spiro atoms. The van der Waals surface area contributed by atoms with E-state index in [1.165, 1.54) is 11.0 Å². The van der Waals surface area contributed by atoms with Crippen molar-refractivity contribution in [2.45, 2.75) is 25.8 Å². The van der Waals surface area contributed by atoms with Crippen molar-refractivity contribution in [2.24, 2.45) is 0 Å². The van der Waals surface area contributed by atoms with Gasteiger partial charge < -0.3 is 9.30 Å². The second-order valence-electron chi connectivity index (χ2n) is 7.11. The first-order valence-electron chi connectivity index (χ1n) is 9.42. The monoisotopic (exact) mass is 409 g/mol. The van der Waals surface area contributed by atoms with Gasteiger partial charge in [-0.15, -0.1) is 0 Å². The lowest BCUT2D eigenvalue weighted by atomic mass is 10.1. The van der Waals surface area contributed by atoms with Crippen molar-refractivity contribution in [1.82, 2.24) is 14.3 Å². The van der Waals surface area contributed by atoms with Crippen LogP contribution in [0.2, 0.25) is 0 Å². The summed E-state index contributed by atoms with van der Waals surface area (Å²) in [5, 5.41) is 1.21. The summed E-state index contributed by atoms with van der Waals surface area (Å²) in [4.78, 5) is 4.23. The molecule has 7 heteroatoms. The lowest BCUT2D eigenvalue weighted by molar-refractivity contribution is 0.413. The van der Waals surface area contributed by atoms with Gasteiger partial charge in [0.1, 0.15) is 5.75 Å². The fourth-order valence-corrected chi connectivity index (χ4v) is 4.71. The third-order valence-electron chi connectivity index (χ3n) is 5.07. The summed E-state index contributed by atoms with van der Waals surface area (Å²) in [6.45, 7) is 1.92. The van der Waals surface area contributed by atoms with Gasteiger partial charge in [0.25, 0.3) is 0 Å². The van der Waals surface area contributed by atoms with Crippen LogP contribution in [0.1, 0.15) is 34.8 Å². The van der Waals surface area contributed by atoms with Gasteiger partial charge >= 0.3 is 0 Å². The second kappa shape index (κ2) is 7.85. The van der Waals surface area contributed by atoms with Gasteiger partial charge in [0.15, 0.2) is 0 Å². The molecule has 4 rings (SSSR count). The molecule has 1 aromatic heterocycles. The Balaban J connectivity index is 1.52. The summed E-state index contributed by atoms with van der Waals surface area (Å²) in [5.74, 6) is 0.639. The molecule has 1 aliphatic rings. The van der Waals surface area contributed by atoms with Gasteiger partial charge in [-0.25, -0.2) is 18.1 Å². The third-order valence-corrected chi connectivity index (χ3v) is 6.18. The number of fused-ring (bicyclic) bond motifs is 1. The molecule has 0 bridgehead atoms. The highest BCUT2D eigenvalue weighted by Crippen LogP contribution is 2.31. The lowest BCUT2D eigenvalue weighted by Gasteiger charge is -2.12. The summed E-state index contributed by atoms with van der Waals surface area (Å²) in [7, 11) is -1.98. The van der Waals surface area contributed by atoms with Crippen LogP contribution in [-0.4, -0.2) is 25.1 Å². The SMILES string of the molecule is COc1cc(/C=C/S(=O)(=O)N[C@@H]2CCc3ccccc32)ccc1-n1cnc(C)c1. The minimum atomic E-state index is -3.57. The van der Waals surface area contributed by atoms with E-state index >= 15 is 0 Å². The third kappa shape index (κ3) is 4.26. The van der Waals surface area contributed by atoms with Gasteiger partial charge in [-0.05, 0) is 54.7 Å². The fourth-order valence-electron chi connectivity index (χ4n) is 3.65. The smallest absolute Gasteiger partial charge is 0.234 e. The molecule has 1 atom stereocenters. The lowest BCUT2D eigenvalue weighted by Crippen LogP contribution is -2.25. The Kier molecular flexibility index (Phi) is 5.25. The van der Waals surface area contributed by atoms with Crippen LogP contribution in [0.15, 0.2) is 60.4 Å². The Morgan fingerprint density at radius 3 is 2.83 bits per heavy atom. The minimum Gasteiger partial charge on any atom is -0.495 e. The summed E-state index contributed by atoms with van der Waals surface area (Å²) < 4.78 is 35.3. The molecule has 0 amide bonds. The van der Waals surface area contributed by atoms with Gasteiger partial charge in [0.2, 0.25) is 10.0 Å². The number of hydrogen-bond acceptors (Lipinski definition) is 4. The van der Waals surface area contributed by atoms with Gasteiger partial charge in [-0.3, -0.25) is 0 Å². The zero-order valence-corrected chi connectivity index (χ0v) is 17.2. The van der Waals surface area contributed by atoms with Crippen LogP contribution in [0.3, 0.4) is 0 Å². The number of methoxy groups -OCH3 is 1. The van der Waals surface area contributed by atoms with Crippen LogP contribution in [0.5, 0.6) is 5.75 Å². The molecule has 150 valence electrons. The largest absolute Gasteiger partial charge is 0.495 e. The second-order valence-corrected chi connectivity index (χ2v) is 8.71. The quantitative estimate of drug-likeness (QED) is 0.673. The van der Waals surface area contributed by atoms with Crippen molar-refractivity contribution in [2.75, 3.05) is 7.11 Å². The number of aromatic nitrogens is 2. The molecular formula is C22H23N3O3S. The van der Waals surface area contributed by atoms with Crippen LogP contribution in [0.4, 0.5) is 0 Å². The maximum atomic E-state index is 12.6. The number of sulfonamides is 1. The Labute approximate surface area is 170 Å². The molecule has 0 unspecified atom stereocenters. The number of ether oxygens (including phenoxy) is 1. The van der Waals surface area contributed by atoms with Crippen molar-refractivity contribution >= 4 is 16.1 Å². The van der Waals surface area contributed by atoms with Crippen LogP contribution in [0.25, 0.3) is 11.8 Å². The van der Waals surface area contributed by atoms with Gasteiger partial charge in [-0.1, -0.05) is 30.3 Å². The van der Waals surface area contributed by atoms with E-state index in [0.717, 1.165) is 35.3 Å². The first-order chi connectivity index (χ1) is 13.9. The Hall–Kier alpha value is -2.90. The molecule has 1 heterocycles. The molecule has 0 saturated carbocycles. The molecular weight excluding hydrogens is 386 g/mol. The standard InChI is InChI=1S/C22H23N3O3S/c1-16-14-25(15-23-16)21-10-7-17(13-22(21)28-2)11-12-29(26,27)24-20-9-8-18-5-3-4-6-19(18)20/h3-7,10-15,20,24H,8-9H2,1-2H3/b12-11+/t20-/m1/s1. The summed E-state index contributed by atoms with van der Waals surface area (Å²) in [6.07, 6.45) is 6.87. The van der Waals surface area contributed by atoms with E-state index in [9.17, 15) is 8.42 Å². The van der Waals surface area contributed by atoms with Gasteiger partial charge in [0, 0.05) is 17.6 Å². The Morgan fingerprint density at radius 2 is 2.07 bits per heavy atom. The van der Waals surface area contributed by atoms with Crippen molar-refractivity contribution in [1.29, 1.82) is 0 Å². The van der Waals surface area contributed by atoms with E-state index in [2.05, 4.69) is 15.8 Å². The normalized spacial score (nSPS) is 16.3. The number of nitrogens with zero attached hydrogens (tertiary/aromatic N) is 2. The molecule has 0 aliphatic heterocycles. The van der Waals surface area contributed by atoms with Crippen molar-refractivity contribution in [3.63, 3.8) is 0 Å². The van der Waals surface area contributed by atoms with Crippen LogP contribution < -0.4 is 9.46 Å². The number of aryl methyl sites for hydroxylation is 2. The van der Waals surface area contributed by atoms with Crippen LogP contribution in [0, 0.1) is 6.92 Å². The van der Waals surface area contributed by atoms with Crippen molar-refractivity contribution in [3.8, 4) is 11.4 Å². The topological polar surface area (TPSA) is 73.2 Å². The molecule has 0 fully saturated rings. The number of rotatable bonds is 6. The van der Waals surface area contributed by atoms with E-state index < -0.39 is 10.0 Å². The van der Waals surface area contributed by atoms with Crippen molar-refractivity contribution in [3.05, 3.63) is 82.8 Å². The fraction of sp³-hybridized carbons (Fsp3) is 0.227. The maximum absolute atomic E-state index is 12.6. The predicted octanol–water partition coefficient (Wildman–Crippen LogP) is 3.77. The summed E-state index contributed by atoms with van der Waals surface area (Å²) in [6, 6.07) is 13.3. The summed E-state index contributed by atoms with van der Waals surface area (Å²) >= 11 is 0. The van der Waals surface area contributed by atoms with E-state index in [1.807, 2.05) is 54.1 Å². The number of hydrogen-bond donors (Lipinski definition) is 1. The number of nitrogens with one attached hydrogen (secondary N) is 1. The minimum absolute atomic E-state index is 0.178. The highest BCUT2D eigenvalue weighted by Gasteiger charge is 2.25. The molecule has 2 aromatic carbocycles. The average Bonchev–Trinajstić information content (AvgIpc) is 3.32. The Morgan fingerprint density at radius 1 is 1.24 bits per heavy atom. The molecule has 6 nitrogen and oxygen atoms in total. The molecule has 1 N–H and O–H groups in total.